The summed E-state index contributed by atoms with van der Waals surface area (Å²) in [6, 6.07) is 5.83. The molecule has 19 heavy (non-hydrogen) atoms. The highest BCUT2D eigenvalue weighted by molar-refractivity contribution is 6.33. The van der Waals surface area contributed by atoms with Crippen LogP contribution in [0.15, 0.2) is 18.2 Å². The van der Waals surface area contributed by atoms with Crippen LogP contribution in [0.3, 0.4) is 0 Å². The number of nitrogen functional groups attached to an aromatic ring is 1. The highest BCUT2D eigenvalue weighted by Crippen LogP contribution is 2.47. The molecule has 1 heterocycles. The predicted molar refractivity (Wildman–Crippen MR) is 74.7 cm³/mol. The van der Waals surface area contributed by atoms with Crippen molar-refractivity contribution in [2.75, 3.05) is 5.73 Å². The number of anilines is 1. The Bertz CT molecular complexity index is 594. The van der Waals surface area contributed by atoms with Crippen LogP contribution >= 0.6 is 11.6 Å². The zero-order chi connectivity index (χ0) is 13.4. The quantitative estimate of drug-likeness (QED) is 0.873. The molecule has 5 nitrogen and oxygen atoms in total. The summed E-state index contributed by atoms with van der Waals surface area (Å²) in [7, 11) is 0. The van der Waals surface area contributed by atoms with E-state index in [9.17, 15) is 0 Å². The highest BCUT2D eigenvalue weighted by Gasteiger charge is 2.40. The van der Waals surface area contributed by atoms with Crippen LogP contribution in [-0.4, -0.2) is 20.2 Å². The Labute approximate surface area is 116 Å². The van der Waals surface area contributed by atoms with Gasteiger partial charge in [-0.25, -0.2) is 4.68 Å². The molecule has 1 aliphatic carbocycles. The lowest BCUT2D eigenvalue weighted by Gasteiger charge is -2.06. The van der Waals surface area contributed by atoms with Crippen LogP contribution in [0.25, 0.3) is 11.4 Å². The molecule has 0 amide bonds. The standard InChI is InChI=1S/C13H16ClN5/c1-2-3-8-6-12(8)19-13(16-17-18-19)10-5-4-9(15)7-11(10)14/h4-5,7-8,12H,2-3,6,15H2,1H3. The molecule has 1 aromatic heterocycles. The summed E-state index contributed by atoms with van der Waals surface area (Å²) in [5.74, 6) is 1.42. The Hall–Kier alpha value is -1.62. The van der Waals surface area contributed by atoms with Gasteiger partial charge in [-0.1, -0.05) is 24.9 Å². The Kier molecular flexibility index (Phi) is 3.14. The van der Waals surface area contributed by atoms with Gasteiger partial charge in [0.2, 0.25) is 0 Å². The van der Waals surface area contributed by atoms with Gasteiger partial charge < -0.3 is 5.73 Å². The molecule has 2 N–H and O–H groups in total. The largest absolute Gasteiger partial charge is 0.399 e. The minimum Gasteiger partial charge on any atom is -0.399 e. The van der Waals surface area contributed by atoms with Gasteiger partial charge in [-0.2, -0.15) is 0 Å². The van der Waals surface area contributed by atoms with E-state index in [0.29, 0.717) is 22.7 Å². The number of aromatic nitrogens is 4. The smallest absolute Gasteiger partial charge is 0.183 e. The predicted octanol–water partition coefficient (Wildman–Crippen LogP) is 2.94. The lowest BCUT2D eigenvalue weighted by Crippen LogP contribution is -2.02. The second kappa shape index (κ2) is 4.81. The zero-order valence-electron chi connectivity index (χ0n) is 10.8. The monoisotopic (exact) mass is 277 g/mol. The molecule has 6 heteroatoms. The molecule has 3 rings (SSSR count). The average Bonchev–Trinajstić information content (AvgIpc) is 2.97. The van der Waals surface area contributed by atoms with E-state index in [4.69, 9.17) is 17.3 Å². The molecule has 0 radical (unpaired) electrons. The van der Waals surface area contributed by atoms with Crippen molar-refractivity contribution in [2.45, 2.75) is 32.2 Å². The van der Waals surface area contributed by atoms with E-state index in [0.717, 1.165) is 17.8 Å². The molecule has 0 bridgehead atoms. The fourth-order valence-electron chi connectivity index (χ4n) is 2.52. The molecule has 1 aliphatic rings. The van der Waals surface area contributed by atoms with Gasteiger partial charge in [-0.05, 0) is 47.4 Å². The fourth-order valence-corrected chi connectivity index (χ4v) is 2.79. The van der Waals surface area contributed by atoms with E-state index in [-0.39, 0.29) is 0 Å². The summed E-state index contributed by atoms with van der Waals surface area (Å²) in [5, 5.41) is 12.6. The maximum atomic E-state index is 6.23. The van der Waals surface area contributed by atoms with Gasteiger partial charge in [0.25, 0.3) is 0 Å². The molecule has 0 saturated heterocycles. The van der Waals surface area contributed by atoms with Crippen LogP contribution in [-0.2, 0) is 0 Å². The van der Waals surface area contributed by atoms with Gasteiger partial charge in [-0.15, -0.1) is 5.10 Å². The zero-order valence-corrected chi connectivity index (χ0v) is 11.5. The summed E-state index contributed by atoms with van der Waals surface area (Å²) in [4.78, 5) is 0. The minimum absolute atomic E-state index is 0.415. The third-order valence-corrected chi connectivity index (χ3v) is 3.90. The Morgan fingerprint density at radius 3 is 3.05 bits per heavy atom. The molecule has 2 atom stereocenters. The number of halogens is 1. The lowest BCUT2D eigenvalue weighted by molar-refractivity contribution is 0.548. The lowest BCUT2D eigenvalue weighted by atomic mass is 10.2. The van der Waals surface area contributed by atoms with Gasteiger partial charge >= 0.3 is 0 Å². The van der Waals surface area contributed by atoms with Gasteiger partial charge in [-0.3, -0.25) is 0 Å². The van der Waals surface area contributed by atoms with Crippen LogP contribution in [0, 0.1) is 5.92 Å². The first-order valence-electron chi connectivity index (χ1n) is 6.54. The second-order valence-corrected chi connectivity index (χ2v) is 5.45. The van der Waals surface area contributed by atoms with Crippen molar-refractivity contribution in [2.24, 2.45) is 5.92 Å². The van der Waals surface area contributed by atoms with Gasteiger partial charge in [0.05, 0.1) is 11.1 Å². The van der Waals surface area contributed by atoms with Crippen LogP contribution in [0.5, 0.6) is 0 Å². The van der Waals surface area contributed by atoms with E-state index < -0.39 is 0 Å². The van der Waals surface area contributed by atoms with Crippen molar-refractivity contribution < 1.29 is 0 Å². The Morgan fingerprint density at radius 2 is 2.32 bits per heavy atom. The van der Waals surface area contributed by atoms with Crippen molar-refractivity contribution in [3.05, 3.63) is 23.2 Å². The number of hydrogen-bond donors (Lipinski definition) is 1. The fraction of sp³-hybridized carbons (Fsp3) is 0.462. The average molecular weight is 278 g/mol. The van der Waals surface area contributed by atoms with Gasteiger partial charge in [0.1, 0.15) is 0 Å². The second-order valence-electron chi connectivity index (χ2n) is 5.04. The van der Waals surface area contributed by atoms with Crippen molar-refractivity contribution >= 4 is 17.3 Å². The molecule has 100 valence electrons. The maximum absolute atomic E-state index is 6.23. The SMILES string of the molecule is CCCC1CC1n1nnnc1-c1ccc(N)cc1Cl. The van der Waals surface area contributed by atoms with E-state index in [2.05, 4.69) is 22.4 Å². The minimum atomic E-state index is 0.415. The summed E-state index contributed by atoms with van der Waals surface area (Å²) in [5.41, 5.74) is 7.19. The molecule has 1 aromatic carbocycles. The van der Waals surface area contributed by atoms with Crippen LogP contribution in [0.1, 0.15) is 32.2 Å². The number of benzene rings is 1. The molecular formula is C13H16ClN5. The molecule has 0 spiro atoms. The molecule has 1 fully saturated rings. The third-order valence-electron chi connectivity index (χ3n) is 3.59. The first-order valence-corrected chi connectivity index (χ1v) is 6.91. The number of hydrogen-bond acceptors (Lipinski definition) is 4. The number of nitrogens with two attached hydrogens (primary N) is 1. The van der Waals surface area contributed by atoms with Crippen molar-refractivity contribution in [3.63, 3.8) is 0 Å². The molecule has 0 aliphatic heterocycles. The van der Waals surface area contributed by atoms with Crippen molar-refractivity contribution in [1.82, 2.24) is 20.2 Å². The first-order chi connectivity index (χ1) is 9.20. The van der Waals surface area contributed by atoms with Gasteiger partial charge in [0, 0.05) is 11.3 Å². The topological polar surface area (TPSA) is 69.6 Å². The van der Waals surface area contributed by atoms with Crippen molar-refractivity contribution in [3.8, 4) is 11.4 Å². The molecule has 2 aromatic rings. The number of tetrazole rings is 1. The molecule has 1 saturated carbocycles. The summed E-state index contributed by atoms with van der Waals surface area (Å²) >= 11 is 6.23. The number of nitrogens with zero attached hydrogens (tertiary/aromatic N) is 4. The summed E-state index contributed by atoms with van der Waals surface area (Å²) in [6.07, 6.45) is 3.57. The van der Waals surface area contributed by atoms with Crippen LogP contribution in [0.4, 0.5) is 5.69 Å². The molecule has 2 unspecified atom stereocenters. The Morgan fingerprint density at radius 1 is 1.47 bits per heavy atom. The Balaban J connectivity index is 1.92. The molecular weight excluding hydrogens is 262 g/mol. The van der Waals surface area contributed by atoms with E-state index in [1.807, 2.05) is 16.8 Å². The summed E-state index contributed by atoms with van der Waals surface area (Å²) in [6.45, 7) is 2.20. The number of rotatable bonds is 4. The maximum Gasteiger partial charge on any atom is 0.183 e. The van der Waals surface area contributed by atoms with E-state index in [1.54, 1.807) is 6.07 Å². The first kappa shape index (κ1) is 12.4. The van der Waals surface area contributed by atoms with Crippen LogP contribution in [0.2, 0.25) is 5.02 Å². The normalized spacial score (nSPS) is 21.6. The van der Waals surface area contributed by atoms with E-state index in [1.165, 1.54) is 12.8 Å². The van der Waals surface area contributed by atoms with Crippen LogP contribution < -0.4 is 5.73 Å². The third kappa shape index (κ3) is 2.30. The van der Waals surface area contributed by atoms with E-state index >= 15 is 0 Å². The highest BCUT2D eigenvalue weighted by atomic mass is 35.5. The van der Waals surface area contributed by atoms with Gasteiger partial charge in [0.15, 0.2) is 5.82 Å². The van der Waals surface area contributed by atoms with Crippen molar-refractivity contribution in [1.29, 1.82) is 0 Å². The summed E-state index contributed by atoms with van der Waals surface area (Å²) < 4.78 is 1.90.